The van der Waals surface area contributed by atoms with Gasteiger partial charge < -0.3 is 0 Å². The number of sulfonamides is 1. The molecule has 0 aliphatic rings. The van der Waals surface area contributed by atoms with Crippen molar-refractivity contribution >= 4 is 27.3 Å². The summed E-state index contributed by atoms with van der Waals surface area (Å²) in [6, 6.07) is 2.90. The summed E-state index contributed by atoms with van der Waals surface area (Å²) in [5.41, 5.74) is 0.386. The van der Waals surface area contributed by atoms with E-state index < -0.39 is 10.0 Å². The zero-order valence-electron chi connectivity index (χ0n) is 9.54. The van der Waals surface area contributed by atoms with Crippen molar-refractivity contribution in [3.05, 3.63) is 35.9 Å². The third-order valence-electron chi connectivity index (χ3n) is 2.22. The lowest BCUT2D eigenvalue weighted by Crippen LogP contribution is -2.13. The van der Waals surface area contributed by atoms with Gasteiger partial charge in [0.25, 0.3) is 10.0 Å². The molecule has 0 atom stereocenters. The van der Waals surface area contributed by atoms with Gasteiger partial charge in [-0.05, 0) is 19.1 Å². The van der Waals surface area contributed by atoms with Gasteiger partial charge in [-0.3, -0.25) is 9.40 Å². The number of hydrogen-bond donors (Lipinski definition) is 1. The molecule has 0 radical (unpaired) electrons. The highest BCUT2D eigenvalue weighted by atomic mass is 35.5. The first-order valence-corrected chi connectivity index (χ1v) is 7.05. The molecular weight excluding hydrogens is 276 g/mol. The normalized spacial score (nSPS) is 11.4. The first-order chi connectivity index (χ1) is 8.53. The highest BCUT2D eigenvalue weighted by Gasteiger charge is 2.18. The Kier molecular flexibility index (Phi) is 3.53. The Morgan fingerprint density at radius 3 is 2.89 bits per heavy atom. The van der Waals surface area contributed by atoms with Crippen LogP contribution in [0, 0.1) is 0 Å². The molecule has 8 heteroatoms. The van der Waals surface area contributed by atoms with Gasteiger partial charge in [-0.2, -0.15) is 5.10 Å². The highest BCUT2D eigenvalue weighted by Crippen LogP contribution is 2.20. The molecule has 0 saturated heterocycles. The Balaban J connectivity index is 2.30. The van der Waals surface area contributed by atoms with Gasteiger partial charge in [0, 0.05) is 18.9 Å². The van der Waals surface area contributed by atoms with Gasteiger partial charge in [-0.1, -0.05) is 11.6 Å². The average molecular weight is 287 g/mol. The molecule has 0 aliphatic carbocycles. The largest absolute Gasteiger partial charge is 0.276 e. The fraction of sp³-hybridized carbons (Fsp3) is 0.200. The van der Waals surface area contributed by atoms with Crippen LogP contribution in [0.5, 0.6) is 0 Å². The molecule has 1 N–H and O–H groups in total. The average Bonchev–Trinajstić information content (AvgIpc) is 2.76. The third kappa shape index (κ3) is 2.62. The summed E-state index contributed by atoms with van der Waals surface area (Å²) in [6.45, 7) is 2.57. The molecule has 0 unspecified atom stereocenters. The number of nitrogens with zero attached hydrogens (tertiary/aromatic N) is 3. The topological polar surface area (TPSA) is 76.9 Å². The molecule has 2 rings (SSSR count). The fourth-order valence-corrected chi connectivity index (χ4v) is 2.85. The van der Waals surface area contributed by atoms with E-state index in [0.717, 1.165) is 0 Å². The third-order valence-corrected chi connectivity index (χ3v) is 4.05. The molecule has 0 spiro atoms. The molecule has 0 saturated carbocycles. The van der Waals surface area contributed by atoms with E-state index in [2.05, 4.69) is 14.8 Å². The van der Waals surface area contributed by atoms with Crippen LogP contribution in [0.4, 0.5) is 5.69 Å². The van der Waals surface area contributed by atoms with Crippen LogP contribution >= 0.6 is 11.6 Å². The van der Waals surface area contributed by atoms with E-state index in [0.29, 0.717) is 12.2 Å². The predicted octanol–water partition coefficient (Wildman–Crippen LogP) is 1.75. The second-order valence-corrected chi connectivity index (χ2v) is 5.49. The number of hydrogen-bond acceptors (Lipinski definition) is 4. The van der Waals surface area contributed by atoms with Crippen LogP contribution in [0.3, 0.4) is 0 Å². The van der Waals surface area contributed by atoms with Crippen molar-refractivity contribution in [2.45, 2.75) is 18.4 Å². The van der Waals surface area contributed by atoms with Crippen molar-refractivity contribution in [2.75, 3.05) is 4.72 Å². The molecule has 6 nitrogen and oxygen atoms in total. The molecule has 0 bridgehead atoms. The summed E-state index contributed by atoms with van der Waals surface area (Å²) in [5.74, 6) is 0. The molecule has 0 amide bonds. The number of pyridine rings is 1. The van der Waals surface area contributed by atoms with Crippen LogP contribution in [-0.4, -0.2) is 23.2 Å². The van der Waals surface area contributed by atoms with E-state index in [1.165, 1.54) is 24.5 Å². The maximum Gasteiger partial charge on any atom is 0.265 e. The minimum atomic E-state index is -3.74. The van der Waals surface area contributed by atoms with E-state index in [4.69, 9.17) is 11.6 Å². The number of rotatable bonds is 4. The first-order valence-electron chi connectivity index (χ1n) is 5.18. The van der Waals surface area contributed by atoms with E-state index in [1.54, 1.807) is 10.9 Å². The van der Waals surface area contributed by atoms with Crippen LogP contribution in [0.15, 0.2) is 35.6 Å². The smallest absolute Gasteiger partial charge is 0.265 e. The van der Waals surface area contributed by atoms with Gasteiger partial charge in [-0.15, -0.1) is 0 Å². The van der Waals surface area contributed by atoms with E-state index in [-0.39, 0.29) is 10.0 Å². The molecule has 2 aromatic heterocycles. The zero-order valence-corrected chi connectivity index (χ0v) is 11.1. The lowest BCUT2D eigenvalue weighted by Gasteiger charge is -2.06. The maximum absolute atomic E-state index is 12.0. The summed E-state index contributed by atoms with van der Waals surface area (Å²) in [7, 11) is -3.74. The Bertz CT molecular complexity index is 653. The number of halogens is 1. The van der Waals surface area contributed by atoms with Crippen LogP contribution in [0.25, 0.3) is 0 Å². The summed E-state index contributed by atoms with van der Waals surface area (Å²) in [4.78, 5) is 3.67. The first kappa shape index (κ1) is 12.8. The number of aryl methyl sites for hydroxylation is 1. The maximum atomic E-state index is 12.0. The van der Waals surface area contributed by atoms with Crippen LogP contribution < -0.4 is 4.72 Å². The van der Waals surface area contributed by atoms with Gasteiger partial charge >= 0.3 is 0 Å². The Hall–Kier alpha value is -1.60. The second-order valence-electron chi connectivity index (χ2n) is 3.48. The van der Waals surface area contributed by atoms with Crippen LogP contribution in [0.1, 0.15) is 6.92 Å². The van der Waals surface area contributed by atoms with Gasteiger partial charge in [0.05, 0.1) is 11.9 Å². The molecule has 0 aliphatic heterocycles. The monoisotopic (exact) mass is 286 g/mol. The van der Waals surface area contributed by atoms with Gasteiger partial charge in [0.15, 0.2) is 0 Å². The fourth-order valence-electron chi connectivity index (χ4n) is 1.37. The minimum absolute atomic E-state index is 0.0593. The molecule has 18 heavy (non-hydrogen) atoms. The van der Waals surface area contributed by atoms with Crippen molar-refractivity contribution in [1.82, 2.24) is 14.8 Å². The van der Waals surface area contributed by atoms with Crippen molar-refractivity contribution in [1.29, 1.82) is 0 Å². The van der Waals surface area contributed by atoms with E-state index >= 15 is 0 Å². The molecule has 0 aromatic carbocycles. The Morgan fingerprint density at radius 1 is 1.50 bits per heavy atom. The number of nitrogens with one attached hydrogen (secondary N) is 1. The standard InChI is InChI=1S/C10H11ClN4O2S/c1-2-15-7-8(6-13-15)14-18(16,17)9-4-3-5-12-10(9)11/h3-7,14H,2H2,1H3. The lowest BCUT2D eigenvalue weighted by atomic mass is 10.5. The van der Waals surface area contributed by atoms with Crippen molar-refractivity contribution in [3.63, 3.8) is 0 Å². The SMILES string of the molecule is CCn1cc(NS(=O)(=O)c2cccnc2Cl)cn1. The Morgan fingerprint density at radius 2 is 2.28 bits per heavy atom. The summed E-state index contributed by atoms with van der Waals surface area (Å²) in [6.07, 6.45) is 4.46. The van der Waals surface area contributed by atoms with Crippen LogP contribution in [-0.2, 0) is 16.6 Å². The van der Waals surface area contributed by atoms with Gasteiger partial charge in [-0.25, -0.2) is 13.4 Å². The van der Waals surface area contributed by atoms with Crippen molar-refractivity contribution in [3.8, 4) is 0 Å². The molecule has 2 aromatic rings. The van der Waals surface area contributed by atoms with E-state index in [9.17, 15) is 8.42 Å². The number of anilines is 1. The summed E-state index contributed by atoms with van der Waals surface area (Å²) < 4.78 is 28.1. The lowest BCUT2D eigenvalue weighted by molar-refractivity contribution is 0.601. The van der Waals surface area contributed by atoms with Gasteiger partial charge in [0.2, 0.25) is 0 Å². The van der Waals surface area contributed by atoms with Gasteiger partial charge in [0.1, 0.15) is 10.0 Å². The molecule has 2 heterocycles. The summed E-state index contributed by atoms with van der Waals surface area (Å²) in [5, 5.41) is 3.91. The summed E-state index contributed by atoms with van der Waals surface area (Å²) >= 11 is 5.76. The minimum Gasteiger partial charge on any atom is -0.276 e. The van der Waals surface area contributed by atoms with Crippen molar-refractivity contribution in [2.24, 2.45) is 0 Å². The van der Waals surface area contributed by atoms with Crippen molar-refractivity contribution < 1.29 is 8.42 Å². The second kappa shape index (κ2) is 4.95. The van der Waals surface area contributed by atoms with E-state index in [1.807, 2.05) is 6.92 Å². The van der Waals surface area contributed by atoms with Crippen LogP contribution in [0.2, 0.25) is 5.15 Å². The predicted molar refractivity (Wildman–Crippen MR) is 68.0 cm³/mol. The quantitative estimate of drug-likeness (QED) is 0.869. The zero-order chi connectivity index (χ0) is 13.2. The number of aromatic nitrogens is 3. The molecule has 96 valence electrons. The highest BCUT2D eigenvalue weighted by molar-refractivity contribution is 7.92. The molecule has 0 fully saturated rings. The Labute approximate surface area is 110 Å². The molecular formula is C10H11ClN4O2S.